The number of aliphatic hydroxyl groups is 3. The first-order chi connectivity index (χ1) is 18.3. The van der Waals surface area contributed by atoms with Gasteiger partial charge in [0, 0.05) is 18.1 Å². The minimum atomic E-state index is -10.7. The van der Waals surface area contributed by atoms with Crippen molar-refractivity contribution in [2.75, 3.05) is 6.54 Å². The number of hydrazine groups is 2. The third-order valence-corrected chi connectivity index (χ3v) is 6.70. The van der Waals surface area contributed by atoms with Gasteiger partial charge in [-0.05, 0) is 31.1 Å². The van der Waals surface area contributed by atoms with Crippen LogP contribution >= 0.6 is 10.2 Å². The smallest absolute Gasteiger partial charge is 0.430 e. The quantitative estimate of drug-likeness (QED) is 0.0884. The number of rotatable bonds is 9. The molecular formula is C19H20F8N3O10S+. The Kier molecular flexibility index (Phi) is 7.46. The molecule has 0 bridgehead atoms. The lowest BCUT2D eigenvalue weighted by molar-refractivity contribution is -0.793. The molecule has 0 aromatic heterocycles. The van der Waals surface area contributed by atoms with Crippen molar-refractivity contribution in [1.82, 2.24) is 10.6 Å². The van der Waals surface area contributed by atoms with E-state index in [4.69, 9.17) is 5.11 Å². The van der Waals surface area contributed by atoms with Gasteiger partial charge in [0.25, 0.3) is 4.98 Å². The number of alkyl halides is 3. The lowest BCUT2D eigenvalue weighted by atomic mass is 9.98. The van der Waals surface area contributed by atoms with Crippen LogP contribution in [0.2, 0.25) is 0 Å². The molecule has 232 valence electrons. The lowest BCUT2D eigenvalue weighted by Gasteiger charge is -2.41. The molecule has 3 atom stereocenters. The second-order valence-electron chi connectivity index (χ2n) is 8.75. The summed E-state index contributed by atoms with van der Waals surface area (Å²) in [6, 6.07) is -2.43. The molecule has 2 aliphatic rings. The molecule has 2 unspecified atom stereocenters. The van der Waals surface area contributed by atoms with E-state index < -0.39 is 92.2 Å². The minimum Gasteiger partial charge on any atom is -0.480 e. The number of carbonyl (C=O) groups excluding carboxylic acids is 1. The molecule has 2 aliphatic heterocycles. The van der Waals surface area contributed by atoms with E-state index >= 15 is 0 Å². The van der Waals surface area contributed by atoms with Gasteiger partial charge in [-0.25, -0.2) is 9.59 Å². The molecule has 1 aromatic carbocycles. The van der Waals surface area contributed by atoms with Gasteiger partial charge in [0.05, 0.1) is 22.6 Å². The number of carbonyl (C=O) groups is 2. The first kappa shape index (κ1) is 32.0. The van der Waals surface area contributed by atoms with Crippen LogP contribution in [-0.4, -0.2) is 73.5 Å². The van der Waals surface area contributed by atoms with E-state index in [9.17, 15) is 62.4 Å². The standard InChI is InChI=1S/C19H19F8N3O10S/c1-8(40-28-30(37)29-4-2-3-13(29)16(31)32)38-17(33)11-6-9-5-10(41(23,24,25,26)27)7-12(19(34,35)36)14(9)39-15(11)18(20,21)22/h5-8,13,15,34-36H,2-4H2,1H3,(H-,28,31,32,37)/p+1/t8?,13-,15?/m0/s1. The topological polar surface area (TPSA) is 178 Å². The van der Waals surface area contributed by atoms with Crippen molar-refractivity contribution in [2.45, 2.75) is 55.2 Å². The summed E-state index contributed by atoms with van der Waals surface area (Å²) in [7, 11) is -10.7. The Hall–Kier alpha value is -3.47. The molecule has 22 heteroatoms. The third kappa shape index (κ3) is 7.25. The molecule has 0 saturated carbocycles. The Labute approximate surface area is 222 Å². The van der Waals surface area contributed by atoms with Crippen LogP contribution in [0, 0.1) is 4.91 Å². The maximum Gasteiger partial charge on any atom is 0.430 e. The number of carboxylic acids is 1. The number of halogens is 8. The van der Waals surface area contributed by atoms with Crippen molar-refractivity contribution in [3.8, 4) is 5.75 Å². The molecule has 1 aromatic rings. The number of ether oxygens (including phenoxy) is 2. The number of esters is 1. The fraction of sp³-hybridized carbons (Fsp3) is 0.474. The van der Waals surface area contributed by atoms with Gasteiger partial charge in [-0.3, -0.25) is 0 Å². The first-order valence-corrected chi connectivity index (χ1v) is 12.9. The number of benzene rings is 1. The molecule has 0 spiro atoms. The molecular weight excluding hydrogens is 614 g/mol. The van der Waals surface area contributed by atoms with Crippen molar-refractivity contribution in [3.05, 3.63) is 33.7 Å². The zero-order valence-corrected chi connectivity index (χ0v) is 21.0. The van der Waals surface area contributed by atoms with E-state index in [-0.39, 0.29) is 24.0 Å². The summed E-state index contributed by atoms with van der Waals surface area (Å²) in [6.45, 7) is 0.807. The highest BCUT2D eigenvalue weighted by Crippen LogP contribution is 3.02. The van der Waals surface area contributed by atoms with Crippen molar-refractivity contribution in [3.63, 3.8) is 0 Å². The van der Waals surface area contributed by atoms with Crippen LogP contribution in [0.4, 0.5) is 32.6 Å². The van der Waals surface area contributed by atoms with Gasteiger partial charge in [0.15, 0.2) is 6.04 Å². The molecule has 41 heavy (non-hydrogen) atoms. The van der Waals surface area contributed by atoms with Crippen molar-refractivity contribution in [1.29, 1.82) is 0 Å². The van der Waals surface area contributed by atoms with E-state index in [1.807, 2.05) is 0 Å². The van der Waals surface area contributed by atoms with E-state index in [1.54, 1.807) is 5.59 Å². The van der Waals surface area contributed by atoms with E-state index in [0.29, 0.717) is 6.42 Å². The second-order valence-corrected chi connectivity index (χ2v) is 11.2. The molecule has 1 fully saturated rings. The van der Waals surface area contributed by atoms with Crippen LogP contribution in [0.1, 0.15) is 30.9 Å². The Morgan fingerprint density at radius 3 is 2.29 bits per heavy atom. The SMILES string of the molecule is CC(ON[N+](=O)N1CCC[C@H]1C(=O)O)OC(=O)C1=Cc2cc(S(F)(F)(F)(F)F)cc(C(O)(O)O)c2OC1C(F)(F)F. The van der Waals surface area contributed by atoms with Crippen molar-refractivity contribution >= 4 is 28.2 Å². The number of aliphatic carboxylic acids is 1. The summed E-state index contributed by atoms with van der Waals surface area (Å²) in [6.07, 6.45) is -10.5. The van der Waals surface area contributed by atoms with Crippen LogP contribution in [0.25, 0.3) is 6.08 Å². The van der Waals surface area contributed by atoms with E-state index in [2.05, 4.69) is 14.3 Å². The fourth-order valence-electron chi connectivity index (χ4n) is 3.80. The van der Waals surface area contributed by atoms with Gasteiger partial charge in [-0.1, -0.05) is 24.4 Å². The predicted molar refractivity (Wildman–Crippen MR) is 115 cm³/mol. The molecule has 0 aliphatic carbocycles. The minimum absolute atomic E-state index is 0.0245. The summed E-state index contributed by atoms with van der Waals surface area (Å²) in [5, 5.41) is 37.9. The highest BCUT2D eigenvalue weighted by Gasteiger charge is 2.66. The normalized spacial score (nSPS) is 22.0. The predicted octanol–water partition coefficient (Wildman–Crippen LogP) is 2.71. The summed E-state index contributed by atoms with van der Waals surface area (Å²) in [4.78, 5) is 37.3. The fourth-order valence-corrected chi connectivity index (χ4v) is 4.49. The van der Waals surface area contributed by atoms with Crippen LogP contribution < -0.4 is 10.3 Å². The van der Waals surface area contributed by atoms with Crippen LogP contribution in [0.5, 0.6) is 5.75 Å². The van der Waals surface area contributed by atoms with Crippen LogP contribution in [0.15, 0.2) is 22.6 Å². The number of hydrogen-bond donors (Lipinski definition) is 5. The highest BCUT2D eigenvalue weighted by molar-refractivity contribution is 8.45. The Morgan fingerprint density at radius 1 is 1.17 bits per heavy atom. The van der Waals surface area contributed by atoms with Gasteiger partial charge in [-0.2, -0.15) is 18.0 Å². The summed E-state index contributed by atoms with van der Waals surface area (Å²) >= 11 is 0. The molecule has 13 nitrogen and oxygen atoms in total. The van der Waals surface area contributed by atoms with E-state index in [1.165, 1.54) is 0 Å². The number of hydrogen-bond acceptors (Lipinski definition) is 9. The zero-order chi connectivity index (χ0) is 31.4. The molecule has 5 N–H and O–H groups in total. The Morgan fingerprint density at radius 2 is 1.78 bits per heavy atom. The van der Waals surface area contributed by atoms with Crippen LogP contribution in [0.3, 0.4) is 0 Å². The number of carboxylic acid groups (broad SMARTS) is 1. The van der Waals surface area contributed by atoms with Crippen molar-refractivity contribution < 1.29 is 81.9 Å². The average molecular weight is 634 g/mol. The van der Waals surface area contributed by atoms with Gasteiger partial charge >= 0.3 is 34.3 Å². The summed E-state index contributed by atoms with van der Waals surface area (Å²) < 4.78 is 117. The number of fused-ring (bicyclic) bond motifs is 1. The summed E-state index contributed by atoms with van der Waals surface area (Å²) in [5.41, 5.74) is -3.30. The average Bonchev–Trinajstić information content (AvgIpc) is 3.28. The number of nitrogens with one attached hydrogen (secondary N) is 1. The maximum absolute atomic E-state index is 13.7. The molecule has 0 amide bonds. The summed E-state index contributed by atoms with van der Waals surface area (Å²) in [5.74, 6) is -9.30. The van der Waals surface area contributed by atoms with Crippen molar-refractivity contribution in [2.24, 2.45) is 0 Å². The molecule has 2 heterocycles. The first-order valence-electron chi connectivity index (χ1n) is 10.9. The maximum atomic E-state index is 13.7. The number of nitroso groups, excluding NO2 is 1. The van der Waals surface area contributed by atoms with Gasteiger partial charge in [-0.15, -0.1) is 0 Å². The Balaban J connectivity index is 1.93. The van der Waals surface area contributed by atoms with Gasteiger partial charge in [0.2, 0.25) is 12.4 Å². The zero-order valence-electron chi connectivity index (χ0n) is 20.2. The molecule has 1 saturated heterocycles. The third-order valence-electron chi connectivity index (χ3n) is 5.57. The lowest BCUT2D eigenvalue weighted by Crippen LogP contribution is -2.49. The largest absolute Gasteiger partial charge is 0.480 e. The van der Waals surface area contributed by atoms with E-state index in [0.717, 1.165) is 11.9 Å². The van der Waals surface area contributed by atoms with Gasteiger partial charge < -0.3 is 29.9 Å². The van der Waals surface area contributed by atoms with Crippen LogP contribution in [-0.2, 0) is 25.1 Å². The highest BCUT2D eigenvalue weighted by atomic mass is 32.5. The molecule has 0 radical (unpaired) electrons. The number of nitrogens with zero attached hydrogens (tertiary/aromatic N) is 2. The molecule has 3 rings (SSSR count). The second kappa shape index (κ2) is 9.54. The Bertz CT molecular complexity index is 1300. The monoisotopic (exact) mass is 634 g/mol. The van der Waals surface area contributed by atoms with Gasteiger partial charge in [0.1, 0.15) is 10.6 Å².